The Bertz CT molecular complexity index is 66.3. The average Bonchev–Trinajstić information content (AvgIpc) is 1.98. The Morgan fingerprint density at radius 2 is 2.10 bits per heavy atom. The maximum atomic E-state index is 10.0. The predicted molar refractivity (Wildman–Crippen MR) is 47.0 cm³/mol. The fourth-order valence-corrected chi connectivity index (χ4v) is 1.62. The van der Waals surface area contributed by atoms with E-state index in [1.54, 1.807) is 0 Å². The topological polar surface area (TPSA) is 19.9 Å². The summed E-state index contributed by atoms with van der Waals surface area (Å²) in [5.74, 6) is 1.16. The summed E-state index contributed by atoms with van der Waals surface area (Å²) in [5, 5.41) is 10.8. The number of rotatable bonds is 6. The lowest BCUT2D eigenvalue weighted by atomic mass is 10.4. The average molecular weight is 161 g/mol. The van der Waals surface area contributed by atoms with Gasteiger partial charge in [-0.15, -0.1) is 0 Å². The van der Waals surface area contributed by atoms with E-state index in [0.29, 0.717) is 0 Å². The van der Waals surface area contributed by atoms with E-state index >= 15 is 0 Å². The van der Waals surface area contributed by atoms with Gasteiger partial charge in [0.15, 0.2) is 0 Å². The van der Waals surface area contributed by atoms with Gasteiger partial charge < -0.3 is 0 Å². The molecular weight excluding hydrogens is 144 g/mol. The Labute approximate surface area is 68.2 Å². The van der Waals surface area contributed by atoms with Crippen molar-refractivity contribution in [2.75, 3.05) is 12.4 Å². The van der Waals surface area contributed by atoms with Crippen LogP contribution < -0.4 is 0 Å². The van der Waals surface area contributed by atoms with E-state index in [1.807, 2.05) is 11.8 Å². The fourth-order valence-electron chi connectivity index (χ4n) is 0.606. The molecule has 1 nitrogen and oxygen atoms in total. The van der Waals surface area contributed by atoms with Crippen LogP contribution in [0.15, 0.2) is 0 Å². The standard InChI is InChI=1S/C8H17OS/c1-3-8(2)10-7-5-4-6-9/h8H,3-7H2,1-2H3. The van der Waals surface area contributed by atoms with Gasteiger partial charge in [0, 0.05) is 5.25 Å². The second-order valence-corrected chi connectivity index (χ2v) is 4.05. The lowest BCUT2D eigenvalue weighted by Gasteiger charge is -2.05. The van der Waals surface area contributed by atoms with Crippen LogP contribution in [0.4, 0.5) is 0 Å². The van der Waals surface area contributed by atoms with Crippen LogP contribution in [0.1, 0.15) is 33.1 Å². The van der Waals surface area contributed by atoms with Crippen LogP contribution in [0.2, 0.25) is 0 Å². The molecular formula is C8H17OS. The van der Waals surface area contributed by atoms with Gasteiger partial charge in [-0.25, -0.2) is 5.11 Å². The first kappa shape index (κ1) is 10.3. The molecule has 0 aromatic heterocycles. The van der Waals surface area contributed by atoms with Crippen LogP contribution in [0.3, 0.4) is 0 Å². The van der Waals surface area contributed by atoms with Crippen molar-refractivity contribution in [1.82, 2.24) is 0 Å². The van der Waals surface area contributed by atoms with Crippen LogP contribution >= 0.6 is 11.8 Å². The van der Waals surface area contributed by atoms with E-state index in [0.717, 1.165) is 23.8 Å². The van der Waals surface area contributed by atoms with Gasteiger partial charge in [-0.2, -0.15) is 11.8 Å². The lowest BCUT2D eigenvalue weighted by Crippen LogP contribution is -1.94. The van der Waals surface area contributed by atoms with Crippen molar-refractivity contribution in [3.05, 3.63) is 0 Å². The summed E-state index contributed by atoms with van der Waals surface area (Å²) in [4.78, 5) is 0. The summed E-state index contributed by atoms with van der Waals surface area (Å²) in [7, 11) is 0. The first-order valence-electron chi connectivity index (χ1n) is 4.01. The molecule has 1 radical (unpaired) electrons. The molecule has 1 unspecified atom stereocenters. The van der Waals surface area contributed by atoms with Crippen LogP contribution in [-0.4, -0.2) is 17.6 Å². The predicted octanol–water partition coefficient (Wildman–Crippen LogP) is 2.73. The van der Waals surface area contributed by atoms with Gasteiger partial charge in [-0.05, 0) is 25.0 Å². The van der Waals surface area contributed by atoms with Gasteiger partial charge in [0.25, 0.3) is 0 Å². The third kappa shape index (κ3) is 6.43. The summed E-state index contributed by atoms with van der Waals surface area (Å²) in [6.07, 6.45) is 3.18. The number of hydrogen-bond donors (Lipinski definition) is 0. The van der Waals surface area contributed by atoms with Crippen LogP contribution in [0.25, 0.3) is 0 Å². The molecule has 0 heterocycles. The van der Waals surface area contributed by atoms with Crippen molar-refractivity contribution in [2.45, 2.75) is 38.4 Å². The zero-order chi connectivity index (χ0) is 7.82. The normalized spacial score (nSPS) is 13.5. The molecule has 10 heavy (non-hydrogen) atoms. The zero-order valence-electron chi connectivity index (χ0n) is 6.93. The van der Waals surface area contributed by atoms with Gasteiger partial charge in [-0.1, -0.05) is 13.8 Å². The molecule has 0 N–H and O–H groups in total. The van der Waals surface area contributed by atoms with Crippen molar-refractivity contribution >= 4 is 11.8 Å². The minimum Gasteiger partial charge on any atom is -0.237 e. The van der Waals surface area contributed by atoms with Gasteiger partial charge in [0.2, 0.25) is 0 Å². The molecule has 0 fully saturated rings. The quantitative estimate of drug-likeness (QED) is 0.548. The molecule has 61 valence electrons. The maximum absolute atomic E-state index is 10.0. The van der Waals surface area contributed by atoms with E-state index in [9.17, 15) is 5.11 Å². The third-order valence-corrected chi connectivity index (χ3v) is 2.94. The molecule has 0 amide bonds. The molecule has 0 aliphatic carbocycles. The third-order valence-electron chi connectivity index (χ3n) is 1.52. The number of thioether (sulfide) groups is 1. The Balaban J connectivity index is 2.89. The highest BCUT2D eigenvalue weighted by atomic mass is 32.2. The Hall–Kier alpha value is 0.310. The second-order valence-electron chi connectivity index (χ2n) is 2.50. The van der Waals surface area contributed by atoms with Gasteiger partial charge in [0.05, 0.1) is 6.61 Å². The molecule has 0 saturated heterocycles. The first-order chi connectivity index (χ1) is 4.81. The van der Waals surface area contributed by atoms with E-state index in [1.165, 1.54) is 6.42 Å². The maximum Gasteiger partial charge on any atom is 0.0822 e. The molecule has 0 aliphatic rings. The highest BCUT2D eigenvalue weighted by molar-refractivity contribution is 7.99. The van der Waals surface area contributed by atoms with E-state index in [4.69, 9.17) is 0 Å². The fraction of sp³-hybridized carbons (Fsp3) is 1.00. The monoisotopic (exact) mass is 161 g/mol. The second kappa shape index (κ2) is 7.42. The smallest absolute Gasteiger partial charge is 0.0822 e. The molecule has 1 atom stereocenters. The molecule has 0 aromatic rings. The molecule has 2 heteroatoms. The Morgan fingerprint density at radius 1 is 1.40 bits per heavy atom. The summed E-state index contributed by atoms with van der Waals surface area (Å²) < 4.78 is 0. The molecule has 0 aliphatic heterocycles. The minimum atomic E-state index is 0.0983. The first-order valence-corrected chi connectivity index (χ1v) is 5.05. The zero-order valence-corrected chi connectivity index (χ0v) is 7.75. The van der Waals surface area contributed by atoms with Crippen molar-refractivity contribution in [1.29, 1.82) is 0 Å². The number of hydrogen-bond acceptors (Lipinski definition) is 1. The van der Waals surface area contributed by atoms with Crippen molar-refractivity contribution < 1.29 is 5.11 Å². The van der Waals surface area contributed by atoms with E-state index < -0.39 is 0 Å². The van der Waals surface area contributed by atoms with Crippen LogP contribution in [-0.2, 0) is 5.11 Å². The summed E-state index contributed by atoms with van der Waals surface area (Å²) in [6, 6.07) is 0. The lowest BCUT2D eigenvalue weighted by molar-refractivity contribution is 0.188. The van der Waals surface area contributed by atoms with Gasteiger partial charge in [-0.3, -0.25) is 0 Å². The van der Waals surface area contributed by atoms with Crippen molar-refractivity contribution in [2.24, 2.45) is 0 Å². The molecule has 0 aromatic carbocycles. The van der Waals surface area contributed by atoms with Crippen molar-refractivity contribution in [3.8, 4) is 0 Å². The van der Waals surface area contributed by atoms with Gasteiger partial charge >= 0.3 is 0 Å². The molecule has 0 spiro atoms. The number of unbranched alkanes of at least 4 members (excludes halogenated alkanes) is 1. The summed E-state index contributed by atoms with van der Waals surface area (Å²) in [5.41, 5.74) is 0. The Kier molecular flexibility index (Phi) is 7.65. The summed E-state index contributed by atoms with van der Waals surface area (Å²) >= 11 is 1.98. The molecule has 0 saturated carbocycles. The molecule has 0 rings (SSSR count). The van der Waals surface area contributed by atoms with Crippen molar-refractivity contribution in [3.63, 3.8) is 0 Å². The van der Waals surface area contributed by atoms with E-state index in [2.05, 4.69) is 13.8 Å². The highest BCUT2D eigenvalue weighted by Crippen LogP contribution is 2.14. The van der Waals surface area contributed by atoms with E-state index in [-0.39, 0.29) is 6.61 Å². The van der Waals surface area contributed by atoms with Gasteiger partial charge in [0.1, 0.15) is 0 Å². The Morgan fingerprint density at radius 3 is 2.60 bits per heavy atom. The van der Waals surface area contributed by atoms with Crippen LogP contribution in [0, 0.1) is 0 Å². The molecule has 0 bridgehead atoms. The SMILES string of the molecule is CCC(C)SCCCC[O]. The van der Waals surface area contributed by atoms with Crippen LogP contribution in [0.5, 0.6) is 0 Å². The minimum absolute atomic E-state index is 0.0983. The summed E-state index contributed by atoms with van der Waals surface area (Å²) in [6.45, 7) is 4.54. The highest BCUT2D eigenvalue weighted by Gasteiger charge is 1.97. The largest absolute Gasteiger partial charge is 0.237 e.